The third-order valence-corrected chi connectivity index (χ3v) is 11.9. The van der Waals surface area contributed by atoms with Crippen LogP contribution in [0.25, 0.3) is 11.3 Å². The number of phenolic OH excluding ortho intramolecular Hbond substituents is 1. The fraction of sp³-hybridized carbons (Fsp3) is 0.400. The van der Waals surface area contributed by atoms with E-state index in [0.29, 0.717) is 62.0 Å². The minimum atomic E-state index is -0.884. The number of aryl methyl sites for hydroxylation is 1. The zero-order valence-electron chi connectivity index (χ0n) is 30.8. The monoisotopic (exact) mass is 765 g/mol. The number of fused-ring (bicyclic) bond motifs is 4. The molecule has 5 aliphatic rings. The summed E-state index contributed by atoms with van der Waals surface area (Å²) < 4.78 is 35.4. The largest absolute Gasteiger partial charge is 0.504 e. The maximum Gasteiger partial charge on any atom is 0.255 e. The van der Waals surface area contributed by atoms with Gasteiger partial charge in [0.2, 0.25) is 17.7 Å². The van der Waals surface area contributed by atoms with Gasteiger partial charge in [-0.3, -0.25) is 24.6 Å². The molecule has 0 aliphatic carbocycles. The van der Waals surface area contributed by atoms with Crippen molar-refractivity contribution in [2.45, 2.75) is 57.0 Å². The standard InChI is InChI=1S/C40H41F2N9O5/c1-23-13-35(56-27-16-40(21-41)22-44-37-33(51(40)20-27)15-31(46-47-37)28-3-2-4-30(42)36(28)53)43-17-25(23)18-48-9-11-49(12-10-48)26-6-5-24-19-50(39(55)29(24)14-26)32-7-8-34(52)45-38(32)54/h2-6,13-15,17,27,32,53H,7-12,16,18-22H2,1H3,(H,44,47)(H,45,52,54)/t27-,32+,40+/m1/s1. The van der Waals surface area contributed by atoms with Gasteiger partial charge in [0.1, 0.15) is 18.8 Å². The van der Waals surface area contributed by atoms with Gasteiger partial charge in [0.25, 0.3) is 5.91 Å². The quantitative estimate of drug-likeness (QED) is 0.225. The summed E-state index contributed by atoms with van der Waals surface area (Å²) in [7, 11) is 0. The van der Waals surface area contributed by atoms with Gasteiger partial charge in [-0.2, -0.15) is 0 Å². The van der Waals surface area contributed by atoms with Crippen LogP contribution in [-0.4, -0.2) is 111 Å². The van der Waals surface area contributed by atoms with Crippen LogP contribution < -0.4 is 25.2 Å². The van der Waals surface area contributed by atoms with E-state index < -0.39 is 35.7 Å². The molecule has 3 N–H and O–H groups in total. The highest BCUT2D eigenvalue weighted by molar-refractivity contribution is 6.05. The van der Waals surface area contributed by atoms with E-state index in [1.54, 1.807) is 17.0 Å². The van der Waals surface area contributed by atoms with Crippen molar-refractivity contribution in [3.63, 3.8) is 0 Å². The average molecular weight is 766 g/mol. The van der Waals surface area contributed by atoms with Crippen LogP contribution in [0, 0.1) is 12.7 Å². The number of hydrogen-bond donors (Lipinski definition) is 3. The highest BCUT2D eigenvalue weighted by Crippen LogP contribution is 2.44. The van der Waals surface area contributed by atoms with Crippen LogP contribution in [0.5, 0.6) is 11.6 Å². The Labute approximate surface area is 321 Å². The van der Waals surface area contributed by atoms with Gasteiger partial charge in [0.05, 0.1) is 23.5 Å². The number of halogens is 2. The molecular weight excluding hydrogens is 724 g/mol. The fourth-order valence-electron chi connectivity index (χ4n) is 8.69. The summed E-state index contributed by atoms with van der Waals surface area (Å²) in [5, 5.41) is 24.3. The molecule has 290 valence electrons. The van der Waals surface area contributed by atoms with E-state index in [1.165, 1.54) is 6.07 Å². The van der Waals surface area contributed by atoms with Crippen LogP contribution in [0.2, 0.25) is 0 Å². The maximum atomic E-state index is 14.9. The second-order valence-corrected chi connectivity index (χ2v) is 15.3. The number of pyridine rings is 1. The first-order valence-corrected chi connectivity index (χ1v) is 18.9. The van der Waals surface area contributed by atoms with Crippen molar-refractivity contribution in [3.05, 3.63) is 82.8 Å². The number of nitrogens with one attached hydrogen (secondary N) is 2. The zero-order valence-corrected chi connectivity index (χ0v) is 30.8. The Balaban J connectivity index is 0.818. The Morgan fingerprint density at radius 2 is 1.88 bits per heavy atom. The first kappa shape index (κ1) is 35.8. The summed E-state index contributed by atoms with van der Waals surface area (Å²) in [5.41, 5.74) is 4.78. The Morgan fingerprint density at radius 3 is 2.66 bits per heavy atom. The smallest absolute Gasteiger partial charge is 0.255 e. The van der Waals surface area contributed by atoms with Gasteiger partial charge in [-0.05, 0) is 60.4 Å². The molecule has 7 heterocycles. The lowest BCUT2D eigenvalue weighted by Gasteiger charge is -2.42. The van der Waals surface area contributed by atoms with Crippen molar-refractivity contribution in [3.8, 4) is 22.9 Å². The Kier molecular flexibility index (Phi) is 8.94. The number of aromatic hydroxyl groups is 1. The number of carbonyl (C=O) groups excluding carboxylic acids is 3. The van der Waals surface area contributed by atoms with Crippen LogP contribution in [0.4, 0.5) is 26.0 Å². The summed E-state index contributed by atoms with van der Waals surface area (Å²) in [4.78, 5) is 50.2. The molecule has 0 spiro atoms. The number of hydrogen-bond acceptors (Lipinski definition) is 12. The number of rotatable bonds is 8. The van der Waals surface area contributed by atoms with Gasteiger partial charge in [0, 0.05) is 87.7 Å². The lowest BCUT2D eigenvalue weighted by molar-refractivity contribution is -0.136. The highest BCUT2D eigenvalue weighted by Gasteiger charge is 2.50. The number of benzene rings is 2. The molecule has 3 fully saturated rings. The highest BCUT2D eigenvalue weighted by atomic mass is 19.1. The lowest BCUT2D eigenvalue weighted by atomic mass is 9.94. The zero-order chi connectivity index (χ0) is 38.7. The molecule has 0 radical (unpaired) electrons. The van der Waals surface area contributed by atoms with Gasteiger partial charge in [-0.1, -0.05) is 12.1 Å². The van der Waals surface area contributed by atoms with E-state index in [4.69, 9.17) is 4.74 Å². The van der Waals surface area contributed by atoms with Gasteiger partial charge in [-0.25, -0.2) is 13.8 Å². The summed E-state index contributed by atoms with van der Waals surface area (Å²) >= 11 is 0. The second kappa shape index (κ2) is 14.0. The molecule has 4 aromatic rings. The van der Waals surface area contributed by atoms with Crippen LogP contribution in [0.15, 0.2) is 54.7 Å². The van der Waals surface area contributed by atoms with E-state index in [0.717, 1.165) is 54.6 Å². The van der Waals surface area contributed by atoms with Crippen molar-refractivity contribution >= 4 is 34.9 Å². The van der Waals surface area contributed by atoms with E-state index in [2.05, 4.69) is 35.6 Å². The third kappa shape index (κ3) is 6.30. The number of para-hydroxylation sites is 1. The molecule has 2 aromatic heterocycles. The van der Waals surface area contributed by atoms with Crippen LogP contribution >= 0.6 is 0 Å². The number of anilines is 3. The number of imide groups is 1. The molecule has 3 amide bonds. The minimum absolute atomic E-state index is 0.175. The first-order valence-electron chi connectivity index (χ1n) is 18.9. The predicted molar refractivity (Wildman–Crippen MR) is 202 cm³/mol. The van der Waals surface area contributed by atoms with Gasteiger partial charge in [-0.15, -0.1) is 10.2 Å². The number of carbonyl (C=O) groups is 3. The number of nitrogens with zero attached hydrogens (tertiary/aromatic N) is 7. The van der Waals surface area contributed by atoms with Gasteiger partial charge in [0.15, 0.2) is 17.4 Å². The van der Waals surface area contributed by atoms with Crippen molar-refractivity contribution < 1.29 is 33.0 Å². The summed E-state index contributed by atoms with van der Waals surface area (Å²) in [6, 6.07) is 13.1. The van der Waals surface area contributed by atoms with Gasteiger partial charge >= 0.3 is 0 Å². The number of alkyl halides is 1. The van der Waals surface area contributed by atoms with Crippen molar-refractivity contribution in [1.29, 1.82) is 0 Å². The molecule has 0 unspecified atom stereocenters. The Bertz CT molecular complexity index is 2250. The van der Waals surface area contributed by atoms with E-state index in [9.17, 15) is 28.3 Å². The van der Waals surface area contributed by atoms with Crippen LogP contribution in [0.1, 0.15) is 46.3 Å². The van der Waals surface area contributed by atoms with Crippen molar-refractivity contribution in [2.24, 2.45) is 0 Å². The Hall–Kier alpha value is -5.90. The summed E-state index contributed by atoms with van der Waals surface area (Å²) in [6.07, 6.45) is 2.45. The van der Waals surface area contributed by atoms with Crippen LogP contribution in [-0.2, 0) is 22.7 Å². The molecule has 9 rings (SSSR count). The molecule has 0 bridgehead atoms. The normalized spacial score (nSPS) is 23.4. The number of amides is 3. The SMILES string of the molecule is Cc1cc(O[C@H]2CN3c4cc(-c5cccc(F)c5O)nnc4NC[C@@]3(CF)C2)ncc1CN1CCN(c2ccc3c(c2)C(=O)N([C@H]2CCC(=O)NC2=O)C3)CC1. The van der Waals surface area contributed by atoms with Crippen molar-refractivity contribution in [1.82, 2.24) is 30.3 Å². The van der Waals surface area contributed by atoms with Crippen LogP contribution in [0.3, 0.4) is 0 Å². The molecule has 3 saturated heterocycles. The molecule has 0 saturated carbocycles. The molecule has 2 aromatic carbocycles. The maximum absolute atomic E-state index is 14.9. The first-order chi connectivity index (χ1) is 27.1. The fourth-order valence-corrected chi connectivity index (χ4v) is 8.69. The number of phenols is 1. The number of aromatic nitrogens is 3. The predicted octanol–water partition coefficient (Wildman–Crippen LogP) is 3.57. The molecule has 5 aliphatic heterocycles. The topological polar surface area (TPSA) is 156 Å². The molecule has 14 nitrogen and oxygen atoms in total. The molecule has 3 atom stereocenters. The number of piperazine rings is 1. The van der Waals surface area contributed by atoms with E-state index in [-0.39, 0.29) is 35.6 Å². The van der Waals surface area contributed by atoms with Crippen molar-refractivity contribution in [2.75, 3.05) is 61.1 Å². The average Bonchev–Trinajstić information content (AvgIpc) is 3.74. The third-order valence-electron chi connectivity index (χ3n) is 11.9. The van der Waals surface area contributed by atoms with E-state index >= 15 is 0 Å². The molecule has 56 heavy (non-hydrogen) atoms. The molecular formula is C40H41F2N9O5. The Morgan fingerprint density at radius 1 is 1.04 bits per heavy atom. The lowest BCUT2D eigenvalue weighted by Crippen LogP contribution is -2.54. The second-order valence-electron chi connectivity index (χ2n) is 15.3. The number of piperidine rings is 1. The summed E-state index contributed by atoms with van der Waals surface area (Å²) in [5.74, 6) is -1.23. The number of ether oxygens (including phenoxy) is 1. The minimum Gasteiger partial charge on any atom is -0.504 e. The molecule has 16 heteroatoms. The summed E-state index contributed by atoms with van der Waals surface area (Å²) in [6.45, 7) is 6.34. The van der Waals surface area contributed by atoms with Gasteiger partial charge < -0.3 is 29.9 Å². The van der Waals surface area contributed by atoms with E-state index in [1.807, 2.05) is 42.3 Å².